The zero-order valence-electron chi connectivity index (χ0n) is 15.2. The number of hydrogen-bond acceptors (Lipinski definition) is 6. The Morgan fingerprint density at radius 1 is 1.04 bits per heavy atom. The minimum Gasteiger partial charge on any atom is -0.497 e. The summed E-state index contributed by atoms with van der Waals surface area (Å²) in [6, 6.07) is 17.3. The van der Waals surface area contributed by atoms with E-state index in [0.717, 1.165) is 34.7 Å². The van der Waals surface area contributed by atoms with Gasteiger partial charge >= 0.3 is 0 Å². The smallest absolute Gasteiger partial charge is 0.231 e. The van der Waals surface area contributed by atoms with Crippen LogP contribution >= 0.6 is 0 Å². The summed E-state index contributed by atoms with van der Waals surface area (Å²) in [5, 5.41) is 3.19. The van der Waals surface area contributed by atoms with Crippen molar-refractivity contribution >= 4 is 28.5 Å². The topological polar surface area (TPSA) is 90.9 Å². The van der Waals surface area contributed by atoms with Crippen molar-refractivity contribution < 1.29 is 4.74 Å². The van der Waals surface area contributed by atoms with Crippen molar-refractivity contribution in [3.8, 4) is 11.6 Å². The van der Waals surface area contributed by atoms with Crippen molar-refractivity contribution in [1.82, 2.24) is 19.5 Å². The van der Waals surface area contributed by atoms with Crippen molar-refractivity contribution in [2.24, 2.45) is 0 Å². The second-order valence-electron chi connectivity index (χ2n) is 6.03. The average Bonchev–Trinajstić information content (AvgIpc) is 3.07. The highest BCUT2D eigenvalue weighted by Gasteiger charge is 2.14. The lowest BCUT2D eigenvalue weighted by Gasteiger charge is -2.11. The first-order chi connectivity index (χ1) is 13.2. The number of para-hydroxylation sites is 2. The maximum absolute atomic E-state index is 6.06. The van der Waals surface area contributed by atoms with Gasteiger partial charge in [0.15, 0.2) is 0 Å². The number of ether oxygens (including phenoxy) is 1. The van der Waals surface area contributed by atoms with Crippen molar-refractivity contribution in [1.29, 1.82) is 0 Å². The first kappa shape index (κ1) is 16.8. The van der Waals surface area contributed by atoms with Gasteiger partial charge < -0.3 is 15.8 Å². The molecule has 0 aliphatic heterocycles. The monoisotopic (exact) mass is 360 g/mol. The molecule has 2 heterocycles. The third-order valence-electron chi connectivity index (χ3n) is 4.25. The molecular formula is C20H20N6O. The van der Waals surface area contributed by atoms with Gasteiger partial charge in [-0.25, -0.2) is 4.98 Å². The van der Waals surface area contributed by atoms with Crippen LogP contribution in [0.4, 0.5) is 17.5 Å². The number of fused-ring (bicyclic) bond motifs is 1. The van der Waals surface area contributed by atoms with Gasteiger partial charge in [0, 0.05) is 18.2 Å². The van der Waals surface area contributed by atoms with E-state index >= 15 is 0 Å². The molecule has 4 rings (SSSR count). The lowest BCUT2D eigenvalue weighted by atomic mass is 10.3. The van der Waals surface area contributed by atoms with E-state index in [4.69, 9.17) is 15.5 Å². The van der Waals surface area contributed by atoms with E-state index in [1.54, 1.807) is 13.2 Å². The number of aryl methyl sites for hydroxylation is 1. The van der Waals surface area contributed by atoms with Gasteiger partial charge in [0.2, 0.25) is 5.95 Å². The van der Waals surface area contributed by atoms with Crippen LogP contribution in [0.25, 0.3) is 16.9 Å². The average molecular weight is 360 g/mol. The van der Waals surface area contributed by atoms with Crippen LogP contribution < -0.4 is 15.8 Å². The van der Waals surface area contributed by atoms with Crippen LogP contribution in [-0.4, -0.2) is 26.6 Å². The largest absolute Gasteiger partial charge is 0.497 e. The van der Waals surface area contributed by atoms with Gasteiger partial charge in [-0.05, 0) is 36.4 Å². The van der Waals surface area contributed by atoms with Crippen LogP contribution in [0.3, 0.4) is 0 Å². The highest BCUT2D eigenvalue weighted by atomic mass is 16.5. The molecule has 0 spiro atoms. The Bertz CT molecular complexity index is 1090. The van der Waals surface area contributed by atoms with Crippen LogP contribution in [0.1, 0.15) is 12.7 Å². The first-order valence-corrected chi connectivity index (χ1v) is 8.70. The third kappa shape index (κ3) is 3.27. The number of nitrogens with one attached hydrogen (secondary N) is 1. The fraction of sp³-hybridized carbons (Fsp3) is 0.150. The predicted molar refractivity (Wildman–Crippen MR) is 107 cm³/mol. The minimum absolute atomic E-state index is 0.385. The van der Waals surface area contributed by atoms with Crippen LogP contribution in [-0.2, 0) is 6.42 Å². The zero-order valence-corrected chi connectivity index (χ0v) is 15.2. The van der Waals surface area contributed by atoms with E-state index in [1.807, 2.05) is 53.1 Å². The number of nitrogen functional groups attached to an aromatic ring is 1. The Morgan fingerprint density at radius 3 is 2.56 bits per heavy atom. The van der Waals surface area contributed by atoms with E-state index in [2.05, 4.69) is 22.2 Å². The number of hydrogen-bond donors (Lipinski definition) is 2. The number of imidazole rings is 1. The van der Waals surface area contributed by atoms with Gasteiger partial charge in [-0.15, -0.1) is 0 Å². The van der Waals surface area contributed by atoms with Gasteiger partial charge in [-0.3, -0.25) is 4.57 Å². The standard InChI is InChI=1S/C20H20N6O/c1-3-18-23-15-6-4-5-7-16(15)26(18)19-12-17(21)24-20(25-19)22-13-8-10-14(27-2)11-9-13/h4-12H,3H2,1-2H3,(H3,21,22,24,25). The number of aromatic nitrogens is 4. The first-order valence-electron chi connectivity index (χ1n) is 8.70. The van der Waals surface area contributed by atoms with Gasteiger partial charge in [0.1, 0.15) is 23.2 Å². The molecule has 2 aromatic heterocycles. The summed E-state index contributed by atoms with van der Waals surface area (Å²) in [6.45, 7) is 2.07. The predicted octanol–water partition coefficient (Wildman–Crippen LogP) is 3.71. The number of nitrogens with two attached hydrogens (primary N) is 1. The van der Waals surface area contributed by atoms with Crippen LogP contribution in [0.5, 0.6) is 5.75 Å². The molecule has 3 N–H and O–H groups in total. The molecule has 0 bridgehead atoms. The molecule has 7 heteroatoms. The second kappa shape index (κ2) is 6.95. The van der Waals surface area contributed by atoms with Crippen molar-refractivity contribution in [2.75, 3.05) is 18.2 Å². The maximum atomic E-state index is 6.06. The van der Waals surface area contributed by atoms with Crippen molar-refractivity contribution in [3.63, 3.8) is 0 Å². The van der Waals surface area contributed by atoms with E-state index in [-0.39, 0.29) is 0 Å². The number of rotatable bonds is 5. The van der Waals surface area contributed by atoms with Gasteiger partial charge in [0.05, 0.1) is 18.1 Å². The summed E-state index contributed by atoms with van der Waals surface area (Å²) < 4.78 is 7.20. The van der Waals surface area contributed by atoms with E-state index < -0.39 is 0 Å². The van der Waals surface area contributed by atoms with Crippen molar-refractivity contribution in [2.45, 2.75) is 13.3 Å². The van der Waals surface area contributed by atoms with E-state index in [9.17, 15) is 0 Å². The third-order valence-corrected chi connectivity index (χ3v) is 4.25. The fourth-order valence-corrected chi connectivity index (χ4v) is 3.00. The summed E-state index contributed by atoms with van der Waals surface area (Å²) in [5.74, 6) is 3.20. The molecule has 0 saturated carbocycles. The number of anilines is 3. The molecular weight excluding hydrogens is 340 g/mol. The molecule has 0 unspecified atom stereocenters. The zero-order chi connectivity index (χ0) is 18.8. The molecule has 7 nitrogen and oxygen atoms in total. The molecule has 4 aromatic rings. The molecule has 0 atom stereocenters. The quantitative estimate of drug-likeness (QED) is 0.564. The number of benzene rings is 2. The Morgan fingerprint density at radius 2 is 1.81 bits per heavy atom. The van der Waals surface area contributed by atoms with Crippen LogP contribution in [0.2, 0.25) is 0 Å². The SMILES string of the molecule is CCc1nc2ccccc2n1-c1cc(N)nc(Nc2ccc(OC)cc2)n1. The summed E-state index contributed by atoms with van der Waals surface area (Å²) in [7, 11) is 1.64. The normalized spacial score (nSPS) is 10.9. The second-order valence-corrected chi connectivity index (χ2v) is 6.03. The number of nitrogens with zero attached hydrogens (tertiary/aromatic N) is 4. The van der Waals surface area contributed by atoms with E-state index in [0.29, 0.717) is 17.6 Å². The summed E-state index contributed by atoms with van der Waals surface area (Å²) in [5.41, 5.74) is 8.82. The summed E-state index contributed by atoms with van der Waals surface area (Å²) >= 11 is 0. The lowest BCUT2D eigenvalue weighted by Crippen LogP contribution is -2.08. The van der Waals surface area contributed by atoms with Crippen LogP contribution in [0, 0.1) is 0 Å². The van der Waals surface area contributed by atoms with Gasteiger partial charge in [-0.1, -0.05) is 19.1 Å². The molecule has 0 aliphatic rings. The maximum Gasteiger partial charge on any atom is 0.231 e. The molecule has 0 amide bonds. The fourth-order valence-electron chi connectivity index (χ4n) is 3.00. The summed E-state index contributed by atoms with van der Waals surface area (Å²) in [6.07, 6.45) is 0.778. The highest BCUT2D eigenvalue weighted by Crippen LogP contribution is 2.24. The molecule has 27 heavy (non-hydrogen) atoms. The molecule has 2 aromatic carbocycles. The highest BCUT2D eigenvalue weighted by molar-refractivity contribution is 5.78. The molecule has 136 valence electrons. The Kier molecular flexibility index (Phi) is 4.33. The number of methoxy groups -OCH3 is 1. The Hall–Kier alpha value is -3.61. The van der Waals surface area contributed by atoms with Crippen molar-refractivity contribution in [3.05, 3.63) is 60.4 Å². The molecule has 0 radical (unpaired) electrons. The van der Waals surface area contributed by atoms with Gasteiger partial charge in [0.25, 0.3) is 0 Å². The van der Waals surface area contributed by atoms with Gasteiger partial charge in [-0.2, -0.15) is 9.97 Å². The Labute approximate surface area is 156 Å². The lowest BCUT2D eigenvalue weighted by molar-refractivity contribution is 0.415. The summed E-state index contributed by atoms with van der Waals surface area (Å²) in [4.78, 5) is 13.7. The minimum atomic E-state index is 0.385. The molecule has 0 saturated heterocycles. The molecule has 0 aliphatic carbocycles. The van der Waals surface area contributed by atoms with Crippen LogP contribution in [0.15, 0.2) is 54.6 Å². The van der Waals surface area contributed by atoms with E-state index in [1.165, 1.54) is 0 Å². The molecule has 0 fully saturated rings. The Balaban J connectivity index is 1.76.